The summed E-state index contributed by atoms with van der Waals surface area (Å²) in [5.74, 6) is -0.268. The van der Waals surface area contributed by atoms with Crippen LogP contribution in [0.5, 0.6) is 0 Å². The zero-order valence-corrected chi connectivity index (χ0v) is 15.6. The number of nitrogens with zero attached hydrogens (tertiary/aromatic N) is 2. The number of carbonyl (C=O) groups is 1. The van der Waals surface area contributed by atoms with Crippen molar-refractivity contribution < 1.29 is 24.1 Å². The molecule has 1 amide bonds. The molecule has 0 radical (unpaired) electrons. The van der Waals surface area contributed by atoms with Crippen molar-refractivity contribution in [1.29, 1.82) is 0 Å². The molecule has 1 saturated heterocycles. The summed E-state index contributed by atoms with van der Waals surface area (Å²) in [6.45, 7) is 1.68. The highest BCUT2D eigenvalue weighted by atomic mass is 19.1. The quantitative estimate of drug-likeness (QED) is 0.709. The Balaban J connectivity index is 1.39. The van der Waals surface area contributed by atoms with Gasteiger partial charge in [-0.15, -0.1) is 0 Å². The predicted octanol–water partition coefficient (Wildman–Crippen LogP) is 1.07. The summed E-state index contributed by atoms with van der Waals surface area (Å²) in [6, 6.07) is 8.53. The number of carbonyl (C=O) groups excluding carboxylic acids is 1. The molecule has 0 bridgehead atoms. The summed E-state index contributed by atoms with van der Waals surface area (Å²) in [6.07, 6.45) is -0.806. The Morgan fingerprint density at radius 1 is 1.31 bits per heavy atom. The highest BCUT2D eigenvalue weighted by Crippen LogP contribution is 2.69. The smallest absolute Gasteiger partial charge is 0.351 e. The predicted molar refractivity (Wildman–Crippen MR) is 99.1 cm³/mol. The number of aryl methyl sites for hydroxylation is 1. The average Bonchev–Trinajstić information content (AvgIpc) is 2.95. The van der Waals surface area contributed by atoms with Crippen LogP contribution in [0.2, 0.25) is 0 Å². The van der Waals surface area contributed by atoms with E-state index in [-0.39, 0.29) is 25.1 Å². The number of anilines is 1. The van der Waals surface area contributed by atoms with Gasteiger partial charge in [0.2, 0.25) is 0 Å². The van der Waals surface area contributed by atoms with Crippen molar-refractivity contribution in [1.82, 2.24) is 9.55 Å². The first-order chi connectivity index (χ1) is 13.7. The molecule has 0 unspecified atom stereocenters. The Morgan fingerprint density at radius 2 is 2.03 bits per heavy atom. The van der Waals surface area contributed by atoms with Crippen LogP contribution in [0.4, 0.5) is 10.2 Å². The molecule has 2 heterocycles. The lowest BCUT2D eigenvalue weighted by atomic mass is 9.92. The van der Waals surface area contributed by atoms with Crippen LogP contribution in [0.15, 0.2) is 41.3 Å². The molecule has 8 nitrogen and oxygen atoms in total. The van der Waals surface area contributed by atoms with E-state index in [1.807, 2.05) is 0 Å². The zero-order chi connectivity index (χ0) is 20.6. The summed E-state index contributed by atoms with van der Waals surface area (Å²) in [4.78, 5) is 28.8. The minimum atomic E-state index is -1.82. The maximum atomic E-state index is 14.4. The summed E-state index contributed by atoms with van der Waals surface area (Å²) >= 11 is 0. The van der Waals surface area contributed by atoms with Crippen LogP contribution in [0.3, 0.4) is 0 Å². The maximum absolute atomic E-state index is 14.4. The van der Waals surface area contributed by atoms with Crippen molar-refractivity contribution in [2.45, 2.75) is 55.4 Å². The maximum Gasteiger partial charge on any atom is 0.351 e. The number of aliphatic hydroxyl groups is 2. The Hall–Kier alpha value is -2.62. The second kappa shape index (κ2) is 5.71. The number of ether oxygens (including phenoxy) is 1. The highest BCUT2D eigenvalue weighted by Gasteiger charge is 2.85. The zero-order valence-electron chi connectivity index (χ0n) is 15.6. The second-order valence-corrected chi connectivity index (χ2v) is 8.30. The minimum Gasteiger partial charge on any atom is -0.387 e. The number of benzene rings is 1. The third kappa shape index (κ3) is 2.58. The molecule has 1 aromatic carbocycles. The lowest BCUT2D eigenvalue weighted by Gasteiger charge is -2.24. The molecule has 3 aliphatic rings. The summed E-state index contributed by atoms with van der Waals surface area (Å²) in [5.41, 5.74) is -4.78. The molecular formula is C20H20FN3O5. The van der Waals surface area contributed by atoms with Gasteiger partial charge in [-0.2, -0.15) is 4.98 Å². The van der Waals surface area contributed by atoms with Crippen LogP contribution < -0.4 is 11.0 Å². The summed E-state index contributed by atoms with van der Waals surface area (Å²) in [5, 5.41) is 23.7. The fourth-order valence-corrected chi connectivity index (χ4v) is 4.71. The van der Waals surface area contributed by atoms with Gasteiger partial charge in [0.25, 0.3) is 5.91 Å². The lowest BCUT2D eigenvalue weighted by Crippen LogP contribution is -2.42. The summed E-state index contributed by atoms with van der Waals surface area (Å²) < 4.78 is 21.3. The molecule has 1 aromatic heterocycles. The van der Waals surface area contributed by atoms with Gasteiger partial charge in [0.05, 0.1) is 0 Å². The number of amides is 1. The fourth-order valence-electron chi connectivity index (χ4n) is 4.71. The van der Waals surface area contributed by atoms with Gasteiger partial charge < -0.3 is 20.3 Å². The van der Waals surface area contributed by atoms with E-state index in [1.54, 1.807) is 37.3 Å². The van der Waals surface area contributed by atoms with E-state index < -0.39 is 40.8 Å². The molecular weight excluding hydrogens is 381 g/mol. The van der Waals surface area contributed by atoms with E-state index in [2.05, 4.69) is 10.3 Å². The van der Waals surface area contributed by atoms with Gasteiger partial charge in [-0.1, -0.05) is 18.2 Å². The first kappa shape index (κ1) is 18.4. The number of halogens is 1. The van der Waals surface area contributed by atoms with Gasteiger partial charge in [-0.3, -0.25) is 9.36 Å². The molecule has 152 valence electrons. The van der Waals surface area contributed by atoms with Crippen molar-refractivity contribution in [2.24, 2.45) is 0 Å². The molecule has 2 aromatic rings. The molecule has 9 heteroatoms. The van der Waals surface area contributed by atoms with E-state index in [4.69, 9.17) is 4.74 Å². The molecule has 3 fully saturated rings. The van der Waals surface area contributed by atoms with Gasteiger partial charge in [-0.25, -0.2) is 9.18 Å². The molecule has 0 spiro atoms. The van der Waals surface area contributed by atoms with Gasteiger partial charge in [-0.05, 0) is 19.1 Å². The number of hydrogen-bond acceptors (Lipinski definition) is 6. The molecule has 5 atom stereocenters. The van der Waals surface area contributed by atoms with Crippen molar-refractivity contribution in [3.8, 4) is 0 Å². The van der Waals surface area contributed by atoms with E-state index in [0.29, 0.717) is 11.1 Å². The standard InChI is InChI=1S/C20H20FN3O5/c1-11-8-24(13-7-18(27)9-19(21)10-20(19,28)16(18)29-13)17(26)23-14(11)22-15(25)12-5-3-2-4-6-12/h2-6,8,13,16,27-28H,7,9-10H2,1H3,(H,22,23,25,26)/t13-,16+,18-,19+,20+/m1/s1. The number of alkyl halides is 1. The van der Waals surface area contributed by atoms with Gasteiger partial charge in [0.1, 0.15) is 35.0 Å². The van der Waals surface area contributed by atoms with Crippen molar-refractivity contribution >= 4 is 11.7 Å². The molecule has 3 N–H and O–H groups in total. The number of hydrogen-bond donors (Lipinski definition) is 3. The molecule has 2 aliphatic carbocycles. The monoisotopic (exact) mass is 401 g/mol. The van der Waals surface area contributed by atoms with Crippen molar-refractivity contribution in [3.05, 3.63) is 58.1 Å². The molecule has 1 aliphatic heterocycles. The molecule has 2 saturated carbocycles. The van der Waals surface area contributed by atoms with Crippen LogP contribution in [-0.4, -0.2) is 48.6 Å². The first-order valence-electron chi connectivity index (χ1n) is 9.41. The number of fused-ring (bicyclic) bond motifs is 3. The fraction of sp³-hybridized carbons (Fsp3) is 0.450. The summed E-state index contributed by atoms with van der Waals surface area (Å²) in [7, 11) is 0. The van der Waals surface area contributed by atoms with Gasteiger partial charge in [0.15, 0.2) is 0 Å². The Labute approximate surface area is 165 Å². The lowest BCUT2D eigenvalue weighted by molar-refractivity contribution is -0.109. The minimum absolute atomic E-state index is 0.0254. The van der Waals surface area contributed by atoms with Crippen LogP contribution in [0.25, 0.3) is 0 Å². The Morgan fingerprint density at radius 3 is 2.72 bits per heavy atom. The largest absolute Gasteiger partial charge is 0.387 e. The Bertz CT molecular complexity index is 1080. The van der Waals surface area contributed by atoms with E-state index in [9.17, 15) is 24.2 Å². The van der Waals surface area contributed by atoms with Gasteiger partial charge in [0, 0.05) is 36.6 Å². The third-order valence-electron chi connectivity index (χ3n) is 6.24. The van der Waals surface area contributed by atoms with Crippen molar-refractivity contribution in [2.75, 3.05) is 5.32 Å². The molecule has 5 rings (SSSR count). The van der Waals surface area contributed by atoms with Crippen LogP contribution in [-0.2, 0) is 4.74 Å². The second-order valence-electron chi connectivity index (χ2n) is 8.30. The number of aromatic nitrogens is 2. The SMILES string of the molecule is Cc1cn([C@H]2C[C@@]3(O)C[C@]4(F)C[C@]4(O)[C@H]3O2)c(=O)nc1NC(=O)c1ccccc1. The van der Waals surface area contributed by atoms with E-state index in [0.717, 1.165) is 0 Å². The number of rotatable bonds is 3. The number of nitrogens with one attached hydrogen (secondary N) is 1. The van der Waals surface area contributed by atoms with Crippen LogP contribution in [0.1, 0.15) is 41.4 Å². The van der Waals surface area contributed by atoms with Crippen molar-refractivity contribution in [3.63, 3.8) is 0 Å². The highest BCUT2D eigenvalue weighted by molar-refractivity contribution is 6.03. The third-order valence-corrected chi connectivity index (χ3v) is 6.24. The van der Waals surface area contributed by atoms with Crippen LogP contribution >= 0.6 is 0 Å². The normalized spacial score (nSPS) is 37.1. The molecule has 29 heavy (non-hydrogen) atoms. The van der Waals surface area contributed by atoms with E-state index in [1.165, 1.54) is 10.8 Å². The Kier molecular flexibility index (Phi) is 3.63. The first-order valence-corrected chi connectivity index (χ1v) is 9.41. The van der Waals surface area contributed by atoms with Gasteiger partial charge >= 0.3 is 5.69 Å². The van der Waals surface area contributed by atoms with E-state index >= 15 is 0 Å². The topological polar surface area (TPSA) is 114 Å². The van der Waals surface area contributed by atoms with Crippen LogP contribution in [0, 0.1) is 6.92 Å². The average molecular weight is 401 g/mol.